The summed E-state index contributed by atoms with van der Waals surface area (Å²) in [6.45, 7) is 6.97. The van der Waals surface area contributed by atoms with Gasteiger partial charge in [-0.1, -0.05) is 13.8 Å². The maximum atomic E-state index is 12.0. The number of hydrogen-bond acceptors (Lipinski definition) is 2. The molecule has 2 N–H and O–H groups in total. The van der Waals surface area contributed by atoms with Crippen molar-refractivity contribution in [2.45, 2.75) is 33.6 Å². The Hall–Kier alpha value is -1.51. The van der Waals surface area contributed by atoms with E-state index >= 15 is 0 Å². The fraction of sp³-hybridized carbons (Fsp3) is 0.533. The lowest BCUT2D eigenvalue weighted by molar-refractivity contribution is 0.0939. The van der Waals surface area contributed by atoms with Crippen LogP contribution >= 0.6 is 0 Å². The van der Waals surface area contributed by atoms with Crippen molar-refractivity contribution in [3.8, 4) is 5.75 Å². The van der Waals surface area contributed by atoms with Gasteiger partial charge in [0.05, 0.1) is 0 Å². The number of nitrogens with one attached hydrogen (secondary N) is 1. The third-order valence-electron chi connectivity index (χ3n) is 4.18. The van der Waals surface area contributed by atoms with Gasteiger partial charge in [0.15, 0.2) is 0 Å². The summed E-state index contributed by atoms with van der Waals surface area (Å²) in [5, 5.41) is 12.4. The van der Waals surface area contributed by atoms with Crippen molar-refractivity contribution >= 4 is 5.91 Å². The van der Waals surface area contributed by atoms with E-state index in [2.05, 4.69) is 19.2 Å². The van der Waals surface area contributed by atoms with Crippen LogP contribution in [-0.4, -0.2) is 17.6 Å². The number of rotatable bonds is 4. The van der Waals surface area contributed by atoms with Crippen molar-refractivity contribution in [3.63, 3.8) is 0 Å². The zero-order chi connectivity index (χ0) is 13.3. The Morgan fingerprint density at radius 1 is 1.44 bits per heavy atom. The van der Waals surface area contributed by atoms with E-state index in [0.29, 0.717) is 16.9 Å². The number of carbonyl (C=O) groups is 1. The standard InChI is InChI=1S/C15H21NO2/c1-10(2)15(6-7-15)9-16-14(18)12-4-5-13(17)11(3)8-12/h4-5,8,10,17H,6-7,9H2,1-3H3,(H,16,18). The molecule has 0 bridgehead atoms. The summed E-state index contributed by atoms with van der Waals surface area (Å²) in [6, 6.07) is 4.95. The average Bonchev–Trinajstić information content (AvgIpc) is 3.11. The van der Waals surface area contributed by atoms with Gasteiger partial charge in [-0.15, -0.1) is 0 Å². The highest BCUT2D eigenvalue weighted by Gasteiger charge is 2.45. The molecule has 2 rings (SSSR count). The molecule has 0 atom stereocenters. The lowest BCUT2D eigenvalue weighted by Gasteiger charge is -2.20. The molecule has 1 saturated carbocycles. The normalized spacial score (nSPS) is 16.7. The van der Waals surface area contributed by atoms with Crippen LogP contribution in [0, 0.1) is 18.3 Å². The Kier molecular flexibility index (Phi) is 3.33. The Balaban J connectivity index is 1.98. The fourth-order valence-corrected chi connectivity index (χ4v) is 2.27. The Bertz CT molecular complexity index is 462. The zero-order valence-electron chi connectivity index (χ0n) is 11.3. The van der Waals surface area contributed by atoms with Crippen LogP contribution in [0.25, 0.3) is 0 Å². The Labute approximate surface area is 108 Å². The van der Waals surface area contributed by atoms with Crippen LogP contribution in [0.15, 0.2) is 18.2 Å². The number of carbonyl (C=O) groups excluding carboxylic acids is 1. The Morgan fingerprint density at radius 2 is 2.11 bits per heavy atom. The van der Waals surface area contributed by atoms with Gasteiger partial charge in [-0.05, 0) is 54.9 Å². The van der Waals surface area contributed by atoms with E-state index in [-0.39, 0.29) is 11.7 Å². The summed E-state index contributed by atoms with van der Waals surface area (Å²) in [4.78, 5) is 12.0. The highest BCUT2D eigenvalue weighted by Crippen LogP contribution is 2.51. The van der Waals surface area contributed by atoms with E-state index in [1.807, 2.05) is 0 Å². The second-order valence-corrected chi connectivity index (χ2v) is 5.70. The number of phenolic OH excluding ortho intramolecular Hbond substituents is 1. The van der Waals surface area contributed by atoms with Crippen molar-refractivity contribution < 1.29 is 9.90 Å². The van der Waals surface area contributed by atoms with Crippen molar-refractivity contribution in [1.29, 1.82) is 0 Å². The summed E-state index contributed by atoms with van der Waals surface area (Å²) in [7, 11) is 0. The third kappa shape index (κ3) is 2.50. The van der Waals surface area contributed by atoms with E-state index in [4.69, 9.17) is 0 Å². The smallest absolute Gasteiger partial charge is 0.251 e. The van der Waals surface area contributed by atoms with Gasteiger partial charge in [-0.3, -0.25) is 4.79 Å². The van der Waals surface area contributed by atoms with E-state index in [0.717, 1.165) is 12.1 Å². The number of aromatic hydroxyl groups is 1. The zero-order valence-corrected chi connectivity index (χ0v) is 11.3. The van der Waals surface area contributed by atoms with Crippen molar-refractivity contribution in [2.24, 2.45) is 11.3 Å². The van der Waals surface area contributed by atoms with E-state index in [1.165, 1.54) is 12.8 Å². The summed E-state index contributed by atoms with van der Waals surface area (Å²) in [5.41, 5.74) is 1.67. The quantitative estimate of drug-likeness (QED) is 0.859. The van der Waals surface area contributed by atoms with Gasteiger partial charge in [0.25, 0.3) is 5.91 Å². The molecule has 1 aliphatic carbocycles. The van der Waals surface area contributed by atoms with Crippen LogP contribution in [0.1, 0.15) is 42.6 Å². The van der Waals surface area contributed by atoms with Crippen molar-refractivity contribution in [2.75, 3.05) is 6.54 Å². The molecule has 0 aromatic heterocycles. The van der Waals surface area contributed by atoms with Gasteiger partial charge >= 0.3 is 0 Å². The summed E-state index contributed by atoms with van der Waals surface area (Å²) < 4.78 is 0. The first-order valence-electron chi connectivity index (χ1n) is 6.52. The third-order valence-corrected chi connectivity index (χ3v) is 4.18. The van der Waals surface area contributed by atoms with Gasteiger partial charge in [0.2, 0.25) is 0 Å². The molecule has 0 spiro atoms. The van der Waals surface area contributed by atoms with Crippen LogP contribution < -0.4 is 5.32 Å². The summed E-state index contributed by atoms with van der Waals surface area (Å²) >= 11 is 0. The lowest BCUT2D eigenvalue weighted by atomic mass is 9.92. The molecule has 3 nitrogen and oxygen atoms in total. The van der Waals surface area contributed by atoms with Crippen LogP contribution in [0.4, 0.5) is 0 Å². The predicted octanol–water partition coefficient (Wildman–Crippen LogP) is 2.87. The van der Waals surface area contributed by atoms with Crippen molar-refractivity contribution in [3.05, 3.63) is 29.3 Å². The molecule has 0 unspecified atom stereocenters. The highest BCUT2D eigenvalue weighted by molar-refractivity contribution is 5.94. The fourth-order valence-electron chi connectivity index (χ4n) is 2.27. The molecule has 0 heterocycles. The number of phenols is 1. The first-order valence-corrected chi connectivity index (χ1v) is 6.52. The minimum Gasteiger partial charge on any atom is -0.508 e. The molecule has 1 fully saturated rings. The number of benzene rings is 1. The number of hydrogen-bond donors (Lipinski definition) is 2. The van der Waals surface area contributed by atoms with Crippen LogP contribution in [0.3, 0.4) is 0 Å². The van der Waals surface area contributed by atoms with Crippen molar-refractivity contribution in [1.82, 2.24) is 5.32 Å². The highest BCUT2D eigenvalue weighted by atomic mass is 16.3. The first-order chi connectivity index (χ1) is 8.44. The second-order valence-electron chi connectivity index (χ2n) is 5.70. The molecular formula is C15H21NO2. The van der Waals surface area contributed by atoms with Crippen LogP contribution in [-0.2, 0) is 0 Å². The maximum absolute atomic E-state index is 12.0. The molecule has 1 amide bonds. The van der Waals surface area contributed by atoms with Gasteiger partial charge < -0.3 is 10.4 Å². The largest absolute Gasteiger partial charge is 0.508 e. The number of aryl methyl sites for hydroxylation is 1. The van der Waals surface area contributed by atoms with Gasteiger partial charge in [0, 0.05) is 12.1 Å². The SMILES string of the molecule is Cc1cc(C(=O)NCC2(C(C)C)CC2)ccc1O. The summed E-state index contributed by atoms with van der Waals surface area (Å²) in [6.07, 6.45) is 2.42. The van der Waals surface area contributed by atoms with E-state index < -0.39 is 0 Å². The minimum absolute atomic E-state index is 0.0509. The van der Waals surface area contributed by atoms with E-state index in [9.17, 15) is 9.90 Å². The Morgan fingerprint density at radius 3 is 2.61 bits per heavy atom. The molecule has 0 aliphatic heterocycles. The van der Waals surface area contributed by atoms with Gasteiger partial charge in [-0.2, -0.15) is 0 Å². The average molecular weight is 247 g/mol. The topological polar surface area (TPSA) is 49.3 Å². The lowest BCUT2D eigenvalue weighted by Crippen LogP contribution is -2.32. The monoisotopic (exact) mass is 247 g/mol. The molecule has 0 saturated heterocycles. The molecule has 0 radical (unpaired) electrons. The molecule has 1 aromatic carbocycles. The molecular weight excluding hydrogens is 226 g/mol. The first kappa shape index (κ1) is 12.9. The van der Waals surface area contributed by atoms with Crippen LogP contribution in [0.5, 0.6) is 5.75 Å². The summed E-state index contributed by atoms with van der Waals surface area (Å²) in [5.74, 6) is 0.789. The van der Waals surface area contributed by atoms with Gasteiger partial charge in [-0.25, -0.2) is 0 Å². The van der Waals surface area contributed by atoms with Gasteiger partial charge in [0.1, 0.15) is 5.75 Å². The van der Waals surface area contributed by atoms with Crippen LogP contribution in [0.2, 0.25) is 0 Å². The minimum atomic E-state index is -0.0509. The molecule has 1 aromatic rings. The molecule has 1 aliphatic rings. The predicted molar refractivity (Wildman–Crippen MR) is 71.7 cm³/mol. The number of amides is 1. The van der Waals surface area contributed by atoms with E-state index in [1.54, 1.807) is 25.1 Å². The maximum Gasteiger partial charge on any atom is 0.251 e. The second kappa shape index (κ2) is 4.63. The molecule has 18 heavy (non-hydrogen) atoms. The molecule has 3 heteroatoms. The molecule has 98 valence electrons.